The molecule has 3 N–H and O–H groups in total. The molecule has 1 aromatic carbocycles. The third-order valence-corrected chi connectivity index (χ3v) is 2.59. The van der Waals surface area contributed by atoms with Crippen LogP contribution in [0.15, 0.2) is 18.2 Å². The third-order valence-electron chi connectivity index (χ3n) is 2.23. The summed E-state index contributed by atoms with van der Waals surface area (Å²) in [5, 5.41) is 20.1. The average molecular weight is 245 g/mol. The summed E-state index contributed by atoms with van der Waals surface area (Å²) >= 11 is 5.89. The number of hydrogen-bond donors (Lipinski definition) is 2. The second-order valence-electron chi connectivity index (χ2n) is 3.98. The first-order chi connectivity index (χ1) is 7.37. The van der Waals surface area contributed by atoms with Crippen molar-refractivity contribution in [1.29, 1.82) is 0 Å². The predicted octanol–water partition coefficient (Wildman–Crippen LogP) is 1.50. The molecule has 16 heavy (non-hydrogen) atoms. The number of nitrogens with zero attached hydrogens (tertiary/aromatic N) is 1. The van der Waals surface area contributed by atoms with E-state index in [2.05, 4.69) is 0 Å². The van der Waals surface area contributed by atoms with Crippen molar-refractivity contribution in [1.82, 2.24) is 0 Å². The molecule has 0 aliphatic heterocycles. The lowest BCUT2D eigenvalue weighted by molar-refractivity contribution is -0.385. The zero-order valence-electron chi connectivity index (χ0n) is 8.81. The van der Waals surface area contributed by atoms with E-state index in [0.29, 0.717) is 10.6 Å². The number of aliphatic hydroxyl groups excluding tert-OH is 1. The van der Waals surface area contributed by atoms with Crippen LogP contribution in [0.25, 0.3) is 0 Å². The number of benzene rings is 1. The van der Waals surface area contributed by atoms with E-state index in [4.69, 9.17) is 22.4 Å². The number of nitro groups is 1. The van der Waals surface area contributed by atoms with Crippen LogP contribution in [0.1, 0.15) is 12.5 Å². The van der Waals surface area contributed by atoms with Gasteiger partial charge in [-0.25, -0.2) is 0 Å². The molecule has 0 aromatic heterocycles. The summed E-state index contributed by atoms with van der Waals surface area (Å²) in [7, 11) is 0. The van der Waals surface area contributed by atoms with Crippen LogP contribution in [-0.2, 0) is 6.42 Å². The SMILES string of the molecule is CC(N)(CO)Cc1c(Cl)cccc1[N+](=O)[O-]. The summed E-state index contributed by atoms with van der Waals surface area (Å²) in [6.07, 6.45) is 0.152. The van der Waals surface area contributed by atoms with E-state index in [9.17, 15) is 10.1 Å². The molecule has 88 valence electrons. The average Bonchev–Trinajstić information content (AvgIpc) is 2.20. The molecule has 0 spiro atoms. The maximum atomic E-state index is 10.8. The number of nitro benzene ring substituents is 1. The smallest absolute Gasteiger partial charge is 0.274 e. The highest BCUT2D eigenvalue weighted by Gasteiger charge is 2.25. The van der Waals surface area contributed by atoms with Crippen LogP contribution in [0.5, 0.6) is 0 Å². The Balaban J connectivity index is 3.16. The van der Waals surface area contributed by atoms with Gasteiger partial charge in [-0.2, -0.15) is 0 Å². The number of rotatable bonds is 4. The molecule has 0 radical (unpaired) electrons. The number of halogens is 1. The third kappa shape index (κ3) is 2.91. The van der Waals surface area contributed by atoms with Gasteiger partial charge in [-0.05, 0) is 13.0 Å². The van der Waals surface area contributed by atoms with Gasteiger partial charge in [-0.1, -0.05) is 17.7 Å². The summed E-state index contributed by atoms with van der Waals surface area (Å²) in [4.78, 5) is 10.3. The summed E-state index contributed by atoms with van der Waals surface area (Å²) in [5.74, 6) is 0. The summed E-state index contributed by atoms with van der Waals surface area (Å²) in [6, 6.07) is 4.45. The van der Waals surface area contributed by atoms with Crippen molar-refractivity contribution in [2.75, 3.05) is 6.61 Å². The van der Waals surface area contributed by atoms with E-state index in [1.54, 1.807) is 13.0 Å². The monoisotopic (exact) mass is 244 g/mol. The standard InChI is InChI=1S/C10H13ClN2O3/c1-10(12,6-14)5-7-8(11)3-2-4-9(7)13(15)16/h2-4,14H,5-6,12H2,1H3. The van der Waals surface area contributed by atoms with Gasteiger partial charge in [0.15, 0.2) is 0 Å². The molecule has 0 saturated carbocycles. The molecule has 0 aliphatic carbocycles. The fourth-order valence-corrected chi connectivity index (χ4v) is 1.59. The maximum Gasteiger partial charge on any atom is 0.274 e. The number of hydrogen-bond acceptors (Lipinski definition) is 4. The zero-order valence-corrected chi connectivity index (χ0v) is 9.57. The van der Waals surface area contributed by atoms with Gasteiger partial charge in [-0.3, -0.25) is 10.1 Å². The molecular weight excluding hydrogens is 232 g/mol. The number of nitrogens with two attached hydrogens (primary N) is 1. The first kappa shape index (κ1) is 12.9. The molecular formula is C10H13ClN2O3. The fourth-order valence-electron chi connectivity index (χ4n) is 1.35. The molecule has 0 saturated heterocycles. The molecule has 6 heteroatoms. The van der Waals surface area contributed by atoms with Crippen LogP contribution in [0, 0.1) is 10.1 Å². The van der Waals surface area contributed by atoms with Gasteiger partial charge >= 0.3 is 0 Å². The molecule has 1 unspecified atom stereocenters. The normalized spacial score (nSPS) is 14.5. The lowest BCUT2D eigenvalue weighted by Crippen LogP contribution is -2.42. The van der Waals surface area contributed by atoms with Crippen molar-refractivity contribution in [3.63, 3.8) is 0 Å². The molecule has 1 aromatic rings. The molecule has 0 bridgehead atoms. The highest BCUT2D eigenvalue weighted by atomic mass is 35.5. The van der Waals surface area contributed by atoms with E-state index >= 15 is 0 Å². The minimum Gasteiger partial charge on any atom is -0.394 e. The van der Waals surface area contributed by atoms with Crippen LogP contribution in [-0.4, -0.2) is 22.2 Å². The molecule has 0 amide bonds. The molecule has 5 nitrogen and oxygen atoms in total. The maximum absolute atomic E-state index is 10.8. The van der Waals surface area contributed by atoms with Crippen molar-refractivity contribution in [2.24, 2.45) is 5.73 Å². The Morgan fingerprint density at radius 1 is 1.62 bits per heavy atom. The predicted molar refractivity (Wildman–Crippen MR) is 61.5 cm³/mol. The van der Waals surface area contributed by atoms with E-state index in [0.717, 1.165) is 0 Å². The van der Waals surface area contributed by atoms with E-state index in [-0.39, 0.29) is 18.7 Å². The van der Waals surface area contributed by atoms with Gasteiger partial charge in [0.05, 0.1) is 22.1 Å². The molecule has 1 rings (SSSR count). The largest absolute Gasteiger partial charge is 0.394 e. The highest BCUT2D eigenvalue weighted by Crippen LogP contribution is 2.28. The molecule has 0 fully saturated rings. The van der Waals surface area contributed by atoms with Crippen molar-refractivity contribution in [3.05, 3.63) is 38.9 Å². The van der Waals surface area contributed by atoms with Gasteiger partial charge < -0.3 is 10.8 Å². The van der Waals surface area contributed by atoms with E-state index in [1.165, 1.54) is 12.1 Å². The zero-order chi connectivity index (χ0) is 12.3. The van der Waals surface area contributed by atoms with E-state index < -0.39 is 10.5 Å². The minimum atomic E-state index is -0.921. The summed E-state index contributed by atoms with van der Waals surface area (Å²) in [5.41, 5.74) is 5.12. The van der Waals surface area contributed by atoms with Crippen LogP contribution in [0.2, 0.25) is 5.02 Å². The van der Waals surface area contributed by atoms with Crippen molar-refractivity contribution in [3.8, 4) is 0 Å². The van der Waals surface area contributed by atoms with Crippen molar-refractivity contribution in [2.45, 2.75) is 18.9 Å². The highest BCUT2D eigenvalue weighted by molar-refractivity contribution is 6.31. The molecule has 1 atom stereocenters. The van der Waals surface area contributed by atoms with E-state index in [1.807, 2.05) is 0 Å². The Morgan fingerprint density at radius 2 is 2.25 bits per heavy atom. The Kier molecular flexibility index (Phi) is 3.85. The summed E-state index contributed by atoms with van der Waals surface area (Å²) in [6.45, 7) is 1.34. The topological polar surface area (TPSA) is 89.4 Å². The fraction of sp³-hybridized carbons (Fsp3) is 0.400. The lowest BCUT2D eigenvalue weighted by atomic mass is 9.94. The van der Waals surface area contributed by atoms with Crippen LogP contribution in [0.4, 0.5) is 5.69 Å². The van der Waals surface area contributed by atoms with Crippen LogP contribution in [0.3, 0.4) is 0 Å². The first-order valence-corrected chi connectivity index (χ1v) is 5.07. The first-order valence-electron chi connectivity index (χ1n) is 4.69. The van der Waals surface area contributed by atoms with Gasteiger partial charge in [0, 0.05) is 18.0 Å². The summed E-state index contributed by atoms with van der Waals surface area (Å²) < 4.78 is 0. The molecule has 0 heterocycles. The number of aliphatic hydroxyl groups is 1. The van der Waals surface area contributed by atoms with Crippen LogP contribution < -0.4 is 5.73 Å². The van der Waals surface area contributed by atoms with Crippen molar-refractivity contribution < 1.29 is 10.0 Å². The van der Waals surface area contributed by atoms with Gasteiger partial charge in [-0.15, -0.1) is 0 Å². The minimum absolute atomic E-state index is 0.0716. The Hall–Kier alpha value is -1.17. The van der Waals surface area contributed by atoms with Crippen molar-refractivity contribution >= 4 is 17.3 Å². The molecule has 0 aliphatic rings. The Morgan fingerprint density at radius 3 is 2.75 bits per heavy atom. The second-order valence-corrected chi connectivity index (χ2v) is 4.39. The quantitative estimate of drug-likeness (QED) is 0.620. The van der Waals surface area contributed by atoms with Crippen LogP contribution >= 0.6 is 11.6 Å². The second kappa shape index (κ2) is 4.78. The van der Waals surface area contributed by atoms with Gasteiger partial charge in [0.2, 0.25) is 0 Å². The Labute approximate surface area is 98.0 Å². The lowest BCUT2D eigenvalue weighted by Gasteiger charge is -2.21. The van der Waals surface area contributed by atoms with Gasteiger partial charge in [0.25, 0.3) is 5.69 Å². The Bertz CT molecular complexity index is 407. The van der Waals surface area contributed by atoms with Gasteiger partial charge in [0.1, 0.15) is 0 Å².